The number of nitrogens with one attached hydrogen (secondary N) is 4. The summed E-state index contributed by atoms with van der Waals surface area (Å²) in [6, 6.07) is 3.78. The molecule has 0 bridgehead atoms. The minimum Gasteiger partial charge on any atom is -0.480 e. The Labute approximate surface area is 201 Å². The smallest absolute Gasteiger partial charge is 0.326 e. The van der Waals surface area contributed by atoms with Gasteiger partial charge >= 0.3 is 5.97 Å². The maximum absolute atomic E-state index is 12.7. The highest BCUT2D eigenvalue weighted by atomic mass is 16.4. The maximum Gasteiger partial charge on any atom is 0.326 e. The molecule has 1 heterocycles. The molecule has 4 atom stereocenters. The fourth-order valence-corrected chi connectivity index (χ4v) is 3.14. The minimum absolute atomic E-state index is 0.0141. The number of aliphatic carboxylic acids is 1. The number of carboxylic acid groups (broad SMARTS) is 1. The summed E-state index contributed by atoms with van der Waals surface area (Å²) >= 11 is 0. The average molecular weight is 488 g/mol. The van der Waals surface area contributed by atoms with Gasteiger partial charge in [-0.25, -0.2) is 9.78 Å². The summed E-state index contributed by atoms with van der Waals surface area (Å²) in [4.78, 5) is 67.4. The van der Waals surface area contributed by atoms with Gasteiger partial charge in [0.2, 0.25) is 23.6 Å². The fraction of sp³-hybridized carbons (Fsp3) is 0.364. The van der Waals surface area contributed by atoms with Gasteiger partial charge in [-0.1, -0.05) is 30.3 Å². The molecule has 0 aliphatic rings. The Bertz CT molecular complexity index is 1030. The first-order valence-electron chi connectivity index (χ1n) is 10.8. The van der Waals surface area contributed by atoms with Crippen LogP contribution in [0.1, 0.15) is 24.6 Å². The number of nitrogens with two attached hydrogens (primary N) is 2. The standard InChI is InChI=1S/C22H29N7O6/c1-12(27-20(32)15(23)8-14-10-25-11-26-14)19(31)28-16(9-18(24)30)21(33)29-17(22(34)35)7-13-5-3-2-4-6-13/h2-6,10-12,15-17H,7-9,23H2,1H3,(H2,24,30)(H,25,26)(H,27,32)(H,28,31)(H,29,33)(H,34,35). The van der Waals surface area contributed by atoms with Gasteiger partial charge in [0.05, 0.1) is 18.8 Å². The highest BCUT2D eigenvalue weighted by molar-refractivity contribution is 5.96. The summed E-state index contributed by atoms with van der Waals surface area (Å²) < 4.78 is 0. The second-order valence-corrected chi connectivity index (χ2v) is 7.94. The van der Waals surface area contributed by atoms with E-state index in [1.54, 1.807) is 30.3 Å². The van der Waals surface area contributed by atoms with Crippen LogP contribution in [0.5, 0.6) is 0 Å². The van der Waals surface area contributed by atoms with E-state index in [2.05, 4.69) is 25.9 Å². The van der Waals surface area contributed by atoms with Crippen molar-refractivity contribution < 1.29 is 29.1 Å². The second kappa shape index (κ2) is 12.8. The number of imidazole rings is 1. The monoisotopic (exact) mass is 487 g/mol. The molecule has 188 valence electrons. The molecule has 0 saturated carbocycles. The second-order valence-electron chi connectivity index (χ2n) is 7.94. The van der Waals surface area contributed by atoms with E-state index in [1.807, 2.05) is 0 Å². The number of carbonyl (C=O) groups excluding carboxylic acids is 4. The molecule has 13 nitrogen and oxygen atoms in total. The van der Waals surface area contributed by atoms with Crippen molar-refractivity contribution in [2.24, 2.45) is 11.5 Å². The van der Waals surface area contributed by atoms with Crippen molar-refractivity contribution in [1.29, 1.82) is 0 Å². The summed E-state index contributed by atoms with van der Waals surface area (Å²) in [5.41, 5.74) is 12.3. The van der Waals surface area contributed by atoms with Crippen LogP contribution in [0.3, 0.4) is 0 Å². The molecule has 0 aliphatic heterocycles. The van der Waals surface area contributed by atoms with Crippen LogP contribution in [-0.4, -0.2) is 68.8 Å². The van der Waals surface area contributed by atoms with E-state index in [-0.39, 0.29) is 12.8 Å². The van der Waals surface area contributed by atoms with Crippen molar-refractivity contribution in [3.05, 3.63) is 54.1 Å². The summed E-state index contributed by atoms with van der Waals surface area (Å²) in [5, 5.41) is 16.6. The minimum atomic E-state index is -1.45. The van der Waals surface area contributed by atoms with Gasteiger partial charge in [0.1, 0.15) is 18.1 Å². The molecular weight excluding hydrogens is 458 g/mol. The van der Waals surface area contributed by atoms with Crippen LogP contribution in [-0.2, 0) is 36.8 Å². The lowest BCUT2D eigenvalue weighted by Crippen LogP contribution is -2.57. The van der Waals surface area contributed by atoms with Crippen LogP contribution in [0, 0.1) is 0 Å². The van der Waals surface area contributed by atoms with Gasteiger partial charge in [-0.15, -0.1) is 0 Å². The van der Waals surface area contributed by atoms with Crippen molar-refractivity contribution in [3.63, 3.8) is 0 Å². The van der Waals surface area contributed by atoms with E-state index in [0.29, 0.717) is 11.3 Å². The molecule has 0 saturated heterocycles. The Kier molecular flexibility index (Phi) is 9.90. The summed E-state index contributed by atoms with van der Waals surface area (Å²) in [7, 11) is 0. The molecule has 9 N–H and O–H groups in total. The van der Waals surface area contributed by atoms with E-state index < -0.39 is 60.2 Å². The number of hydrogen-bond donors (Lipinski definition) is 7. The normalized spacial score (nSPS) is 14.1. The third-order valence-corrected chi connectivity index (χ3v) is 5.02. The van der Waals surface area contributed by atoms with Crippen LogP contribution >= 0.6 is 0 Å². The zero-order valence-corrected chi connectivity index (χ0v) is 19.1. The molecule has 0 fully saturated rings. The predicted octanol–water partition coefficient (Wildman–Crippen LogP) is -2.04. The molecule has 35 heavy (non-hydrogen) atoms. The molecule has 0 spiro atoms. The molecule has 0 aliphatic carbocycles. The lowest BCUT2D eigenvalue weighted by atomic mass is 10.0. The average Bonchev–Trinajstić information content (AvgIpc) is 3.31. The van der Waals surface area contributed by atoms with E-state index in [0.717, 1.165) is 0 Å². The van der Waals surface area contributed by atoms with Crippen molar-refractivity contribution in [1.82, 2.24) is 25.9 Å². The van der Waals surface area contributed by atoms with Gasteiger partial charge in [0.25, 0.3) is 0 Å². The van der Waals surface area contributed by atoms with Crippen molar-refractivity contribution in [3.8, 4) is 0 Å². The topological polar surface area (TPSA) is 222 Å². The molecule has 0 radical (unpaired) electrons. The van der Waals surface area contributed by atoms with Gasteiger partial charge in [-0.3, -0.25) is 19.2 Å². The Hall–Kier alpha value is -4.26. The van der Waals surface area contributed by atoms with Gasteiger partial charge in [-0.2, -0.15) is 0 Å². The SMILES string of the molecule is CC(NC(=O)C(N)Cc1cnc[nH]1)C(=O)NC(CC(N)=O)C(=O)NC(Cc1ccccc1)C(=O)O. The Morgan fingerprint density at radius 1 is 0.971 bits per heavy atom. The van der Waals surface area contributed by atoms with Crippen LogP contribution < -0.4 is 27.4 Å². The molecule has 13 heteroatoms. The number of aromatic nitrogens is 2. The summed E-state index contributed by atoms with van der Waals surface area (Å²) in [6.07, 6.45) is 2.52. The number of rotatable bonds is 13. The van der Waals surface area contributed by atoms with E-state index in [9.17, 15) is 29.1 Å². The largest absolute Gasteiger partial charge is 0.480 e. The fourth-order valence-electron chi connectivity index (χ4n) is 3.14. The van der Waals surface area contributed by atoms with Gasteiger partial charge in [0.15, 0.2) is 0 Å². The summed E-state index contributed by atoms with van der Waals surface area (Å²) in [5.74, 6) is -4.50. The first-order chi connectivity index (χ1) is 16.6. The zero-order chi connectivity index (χ0) is 26.0. The number of primary amides is 1. The van der Waals surface area contributed by atoms with Crippen LogP contribution in [0.25, 0.3) is 0 Å². The zero-order valence-electron chi connectivity index (χ0n) is 19.1. The first-order valence-corrected chi connectivity index (χ1v) is 10.8. The quantitative estimate of drug-likeness (QED) is 0.166. The Morgan fingerprint density at radius 2 is 1.63 bits per heavy atom. The van der Waals surface area contributed by atoms with Gasteiger partial charge < -0.3 is 37.5 Å². The van der Waals surface area contributed by atoms with Crippen LogP contribution in [0.4, 0.5) is 0 Å². The number of aromatic amines is 1. The maximum atomic E-state index is 12.7. The highest BCUT2D eigenvalue weighted by Gasteiger charge is 2.30. The number of carboxylic acids is 1. The highest BCUT2D eigenvalue weighted by Crippen LogP contribution is 2.05. The van der Waals surface area contributed by atoms with Crippen molar-refractivity contribution in [2.75, 3.05) is 0 Å². The molecule has 2 rings (SSSR count). The predicted molar refractivity (Wildman–Crippen MR) is 123 cm³/mol. The van der Waals surface area contributed by atoms with Crippen LogP contribution in [0.2, 0.25) is 0 Å². The van der Waals surface area contributed by atoms with Gasteiger partial charge in [0, 0.05) is 24.7 Å². The lowest BCUT2D eigenvalue weighted by molar-refractivity contribution is -0.142. The number of carbonyl (C=O) groups is 5. The number of benzene rings is 1. The van der Waals surface area contributed by atoms with Gasteiger partial charge in [-0.05, 0) is 12.5 Å². The molecule has 2 aromatic rings. The Morgan fingerprint density at radius 3 is 2.20 bits per heavy atom. The lowest BCUT2D eigenvalue weighted by Gasteiger charge is -2.23. The molecule has 1 aromatic heterocycles. The Balaban J connectivity index is 1.99. The van der Waals surface area contributed by atoms with Crippen molar-refractivity contribution in [2.45, 2.75) is 50.4 Å². The molecule has 4 unspecified atom stereocenters. The number of hydrogen-bond acceptors (Lipinski definition) is 7. The van der Waals surface area contributed by atoms with Crippen molar-refractivity contribution >= 4 is 29.6 Å². The molecule has 1 aromatic carbocycles. The third kappa shape index (κ3) is 8.89. The molecular formula is C22H29N7O6. The number of H-pyrrole nitrogens is 1. The number of amides is 4. The molecule has 4 amide bonds. The van der Waals surface area contributed by atoms with E-state index >= 15 is 0 Å². The summed E-state index contributed by atoms with van der Waals surface area (Å²) in [6.45, 7) is 1.37. The van der Waals surface area contributed by atoms with Crippen LogP contribution in [0.15, 0.2) is 42.9 Å². The van der Waals surface area contributed by atoms with E-state index in [4.69, 9.17) is 11.5 Å². The first kappa shape index (κ1) is 27.0. The van der Waals surface area contributed by atoms with E-state index in [1.165, 1.54) is 19.4 Å². The third-order valence-electron chi connectivity index (χ3n) is 5.02. The number of nitrogens with zero attached hydrogens (tertiary/aromatic N) is 1.